The number of aromatic nitrogens is 3. The van der Waals surface area contributed by atoms with E-state index in [-0.39, 0.29) is 0 Å². The van der Waals surface area contributed by atoms with E-state index in [1.54, 1.807) is 16.7 Å². The van der Waals surface area contributed by atoms with E-state index in [0.29, 0.717) is 11.5 Å². The molecular formula is C12H8BrN3OS. The van der Waals surface area contributed by atoms with Gasteiger partial charge in [0.2, 0.25) is 4.96 Å². The van der Waals surface area contributed by atoms with Gasteiger partial charge >= 0.3 is 0 Å². The van der Waals surface area contributed by atoms with Gasteiger partial charge in [-0.1, -0.05) is 30.6 Å². The normalized spacial score (nSPS) is 10.9. The molecule has 18 heavy (non-hydrogen) atoms. The van der Waals surface area contributed by atoms with Crippen LogP contribution in [0.15, 0.2) is 33.8 Å². The number of halogens is 1. The Labute approximate surface area is 115 Å². The zero-order valence-electron chi connectivity index (χ0n) is 9.26. The molecule has 4 nitrogen and oxygen atoms in total. The molecule has 0 aliphatic carbocycles. The molecule has 0 saturated carbocycles. The lowest BCUT2D eigenvalue weighted by atomic mass is 10.2. The molecule has 0 unspecified atom stereocenters. The fourth-order valence-electron chi connectivity index (χ4n) is 1.66. The largest absolute Gasteiger partial charge is 0.454 e. The second-order valence-electron chi connectivity index (χ2n) is 3.55. The van der Waals surface area contributed by atoms with Crippen molar-refractivity contribution in [2.75, 3.05) is 0 Å². The molecular weight excluding hydrogens is 314 g/mol. The Morgan fingerprint density at radius 1 is 1.39 bits per heavy atom. The number of fused-ring (bicyclic) bond motifs is 1. The van der Waals surface area contributed by atoms with Gasteiger partial charge in [-0.25, -0.2) is 9.50 Å². The average molecular weight is 322 g/mol. The third-order valence-electron chi connectivity index (χ3n) is 2.47. The predicted molar refractivity (Wildman–Crippen MR) is 76.4 cm³/mol. The Kier molecular flexibility index (Phi) is 2.68. The molecule has 0 N–H and O–H groups in total. The van der Waals surface area contributed by atoms with Crippen LogP contribution in [-0.2, 0) is 0 Å². The van der Waals surface area contributed by atoms with Crippen molar-refractivity contribution in [2.24, 2.45) is 0 Å². The van der Waals surface area contributed by atoms with Crippen LogP contribution in [-0.4, -0.2) is 14.6 Å². The van der Waals surface area contributed by atoms with E-state index in [2.05, 4.69) is 39.2 Å². The Hall–Kier alpha value is -1.66. The SMILES string of the molecule is C=Cc1cc(-c2cn3nc(Br)sc3n2)oc1C=C. The molecule has 0 radical (unpaired) electrons. The molecule has 0 fully saturated rings. The summed E-state index contributed by atoms with van der Waals surface area (Å²) in [5.41, 5.74) is 1.66. The highest BCUT2D eigenvalue weighted by Gasteiger charge is 2.13. The maximum atomic E-state index is 5.67. The van der Waals surface area contributed by atoms with E-state index in [4.69, 9.17) is 4.42 Å². The number of hydrogen-bond donors (Lipinski definition) is 0. The smallest absolute Gasteiger partial charge is 0.213 e. The summed E-state index contributed by atoms with van der Waals surface area (Å²) in [6.07, 6.45) is 5.22. The minimum atomic E-state index is 0.689. The van der Waals surface area contributed by atoms with Gasteiger partial charge in [0.15, 0.2) is 9.68 Å². The summed E-state index contributed by atoms with van der Waals surface area (Å²) in [5, 5.41) is 4.24. The number of rotatable bonds is 3. The van der Waals surface area contributed by atoms with Gasteiger partial charge in [0, 0.05) is 5.56 Å². The van der Waals surface area contributed by atoms with Crippen LogP contribution in [0.3, 0.4) is 0 Å². The number of imidazole rings is 1. The summed E-state index contributed by atoms with van der Waals surface area (Å²) in [6, 6.07) is 1.89. The van der Waals surface area contributed by atoms with E-state index in [1.165, 1.54) is 11.3 Å². The molecule has 0 spiro atoms. The van der Waals surface area contributed by atoms with Crippen molar-refractivity contribution in [3.05, 3.63) is 40.7 Å². The van der Waals surface area contributed by atoms with Gasteiger partial charge in [-0.3, -0.25) is 0 Å². The third kappa shape index (κ3) is 1.74. The molecule has 90 valence electrons. The summed E-state index contributed by atoms with van der Waals surface area (Å²) in [5.74, 6) is 1.39. The minimum absolute atomic E-state index is 0.689. The highest BCUT2D eigenvalue weighted by Crippen LogP contribution is 2.28. The predicted octanol–water partition coefficient (Wildman–Crippen LogP) is 4.10. The van der Waals surface area contributed by atoms with E-state index in [0.717, 1.165) is 20.1 Å². The number of hydrogen-bond acceptors (Lipinski definition) is 4. The number of nitrogens with zero attached hydrogens (tertiary/aromatic N) is 3. The van der Waals surface area contributed by atoms with Crippen LogP contribution in [0, 0.1) is 0 Å². The molecule has 0 aliphatic rings. The Bertz CT molecular complexity index is 696. The molecule has 3 heterocycles. The Morgan fingerprint density at radius 3 is 2.83 bits per heavy atom. The van der Waals surface area contributed by atoms with Gasteiger partial charge in [-0.05, 0) is 28.1 Å². The van der Waals surface area contributed by atoms with Gasteiger partial charge in [-0.15, -0.1) is 5.10 Å². The summed E-state index contributed by atoms with van der Waals surface area (Å²) in [7, 11) is 0. The molecule has 3 aromatic heterocycles. The molecule has 0 amide bonds. The first kappa shape index (κ1) is 11.4. The molecule has 0 aromatic carbocycles. The Morgan fingerprint density at radius 2 is 2.22 bits per heavy atom. The first-order valence-electron chi connectivity index (χ1n) is 5.12. The maximum Gasteiger partial charge on any atom is 0.213 e. The molecule has 0 atom stereocenters. The zero-order chi connectivity index (χ0) is 12.7. The van der Waals surface area contributed by atoms with Crippen molar-refractivity contribution in [1.29, 1.82) is 0 Å². The molecule has 0 aliphatic heterocycles. The van der Waals surface area contributed by atoms with Gasteiger partial charge in [0.05, 0.1) is 6.20 Å². The molecule has 0 saturated heterocycles. The van der Waals surface area contributed by atoms with Crippen molar-refractivity contribution in [1.82, 2.24) is 14.6 Å². The highest BCUT2D eigenvalue weighted by atomic mass is 79.9. The monoisotopic (exact) mass is 321 g/mol. The van der Waals surface area contributed by atoms with E-state index < -0.39 is 0 Å². The van der Waals surface area contributed by atoms with E-state index in [1.807, 2.05) is 12.3 Å². The summed E-state index contributed by atoms with van der Waals surface area (Å²) >= 11 is 4.78. The zero-order valence-corrected chi connectivity index (χ0v) is 11.7. The first-order valence-corrected chi connectivity index (χ1v) is 6.73. The average Bonchev–Trinajstić information content (AvgIpc) is 2.99. The third-order valence-corrected chi connectivity index (χ3v) is 3.82. The summed E-state index contributed by atoms with van der Waals surface area (Å²) < 4.78 is 8.19. The fraction of sp³-hybridized carbons (Fsp3) is 0. The molecule has 0 bridgehead atoms. The Balaban J connectivity index is 2.12. The van der Waals surface area contributed by atoms with Gasteiger partial charge in [0.1, 0.15) is 11.5 Å². The van der Waals surface area contributed by atoms with Crippen molar-refractivity contribution < 1.29 is 4.42 Å². The van der Waals surface area contributed by atoms with Gasteiger partial charge in [-0.2, -0.15) is 0 Å². The van der Waals surface area contributed by atoms with Crippen LogP contribution in [0.2, 0.25) is 0 Å². The molecule has 6 heteroatoms. The summed E-state index contributed by atoms with van der Waals surface area (Å²) in [6.45, 7) is 7.45. The van der Waals surface area contributed by atoms with Crippen LogP contribution in [0.1, 0.15) is 11.3 Å². The lowest BCUT2D eigenvalue weighted by Crippen LogP contribution is -1.77. The summed E-state index contributed by atoms with van der Waals surface area (Å²) in [4.78, 5) is 5.27. The molecule has 3 rings (SSSR count). The van der Waals surface area contributed by atoms with Crippen LogP contribution in [0.4, 0.5) is 0 Å². The molecule has 3 aromatic rings. The number of furan rings is 1. The van der Waals surface area contributed by atoms with Crippen LogP contribution >= 0.6 is 27.3 Å². The highest BCUT2D eigenvalue weighted by molar-refractivity contribution is 9.11. The van der Waals surface area contributed by atoms with Crippen molar-refractivity contribution in [3.8, 4) is 11.5 Å². The lowest BCUT2D eigenvalue weighted by molar-refractivity contribution is 0.569. The van der Waals surface area contributed by atoms with Crippen molar-refractivity contribution in [3.63, 3.8) is 0 Å². The second kappa shape index (κ2) is 4.22. The van der Waals surface area contributed by atoms with Gasteiger partial charge < -0.3 is 4.42 Å². The van der Waals surface area contributed by atoms with Crippen molar-refractivity contribution >= 4 is 44.4 Å². The fourth-order valence-corrected chi connectivity index (χ4v) is 2.87. The topological polar surface area (TPSA) is 43.3 Å². The van der Waals surface area contributed by atoms with Crippen molar-refractivity contribution in [2.45, 2.75) is 0 Å². The van der Waals surface area contributed by atoms with Crippen LogP contribution in [0.25, 0.3) is 28.6 Å². The van der Waals surface area contributed by atoms with Crippen LogP contribution < -0.4 is 0 Å². The lowest BCUT2D eigenvalue weighted by Gasteiger charge is -1.87. The quantitative estimate of drug-likeness (QED) is 0.729. The van der Waals surface area contributed by atoms with E-state index in [9.17, 15) is 0 Å². The minimum Gasteiger partial charge on any atom is -0.454 e. The van der Waals surface area contributed by atoms with Gasteiger partial charge in [0.25, 0.3) is 0 Å². The van der Waals surface area contributed by atoms with Crippen LogP contribution in [0.5, 0.6) is 0 Å². The van der Waals surface area contributed by atoms with E-state index >= 15 is 0 Å². The first-order chi connectivity index (χ1) is 8.71. The maximum absolute atomic E-state index is 5.67. The standard InChI is InChI=1S/C12H8BrN3OS/c1-3-7-5-10(17-9(7)4-2)8-6-16-12(14-8)18-11(13)15-16/h3-6H,1-2H2. The second-order valence-corrected chi connectivity index (χ2v) is 5.78.